The Morgan fingerprint density at radius 3 is 2.82 bits per heavy atom. The number of fused-ring (bicyclic) bond motifs is 2. The normalized spacial score (nSPS) is 26.6. The second kappa shape index (κ2) is 4.09. The Labute approximate surface area is 108 Å². The fraction of sp³-hybridized carbons (Fsp3) is 0.462. The predicted octanol–water partition coefficient (Wildman–Crippen LogP) is 3.21. The molecule has 0 aromatic heterocycles. The lowest BCUT2D eigenvalue weighted by atomic mass is 10.1. The van der Waals surface area contributed by atoms with Gasteiger partial charge in [0.15, 0.2) is 0 Å². The summed E-state index contributed by atoms with van der Waals surface area (Å²) in [7, 11) is 0. The van der Waals surface area contributed by atoms with E-state index in [1.807, 2.05) is 4.90 Å². The van der Waals surface area contributed by atoms with Crippen molar-refractivity contribution in [3.05, 3.63) is 34.1 Å². The molecule has 1 aromatic carbocycles. The van der Waals surface area contributed by atoms with Gasteiger partial charge in [0.25, 0.3) is 5.91 Å². The fourth-order valence-corrected chi connectivity index (χ4v) is 3.35. The lowest BCUT2D eigenvalue weighted by molar-refractivity contribution is 0.0703. The van der Waals surface area contributed by atoms with E-state index in [0.29, 0.717) is 22.0 Å². The van der Waals surface area contributed by atoms with Crippen LogP contribution in [-0.2, 0) is 0 Å². The lowest BCUT2D eigenvalue weighted by Crippen LogP contribution is -2.37. The van der Waals surface area contributed by atoms with Crippen LogP contribution in [0.4, 0.5) is 4.39 Å². The summed E-state index contributed by atoms with van der Waals surface area (Å²) >= 11 is 3.12. The zero-order chi connectivity index (χ0) is 12.0. The molecule has 1 aliphatic carbocycles. The molecule has 2 unspecified atom stereocenters. The van der Waals surface area contributed by atoms with Crippen molar-refractivity contribution in [3.8, 4) is 0 Å². The quantitative estimate of drug-likeness (QED) is 0.779. The highest BCUT2D eigenvalue weighted by atomic mass is 79.9. The van der Waals surface area contributed by atoms with Gasteiger partial charge in [-0.2, -0.15) is 0 Å². The summed E-state index contributed by atoms with van der Waals surface area (Å²) in [6.45, 7) is 0.874. The minimum absolute atomic E-state index is 0.0397. The third-order valence-electron chi connectivity index (χ3n) is 3.84. The van der Waals surface area contributed by atoms with Crippen LogP contribution in [0.3, 0.4) is 0 Å². The smallest absolute Gasteiger partial charge is 0.254 e. The Morgan fingerprint density at radius 1 is 1.41 bits per heavy atom. The van der Waals surface area contributed by atoms with Crippen molar-refractivity contribution < 1.29 is 9.18 Å². The van der Waals surface area contributed by atoms with Crippen molar-refractivity contribution in [3.63, 3.8) is 0 Å². The first-order valence-corrected chi connectivity index (χ1v) is 6.70. The predicted molar refractivity (Wildman–Crippen MR) is 66.3 cm³/mol. The van der Waals surface area contributed by atoms with E-state index in [1.165, 1.54) is 12.5 Å². The molecule has 4 heteroatoms. The Bertz CT molecular complexity index is 476. The van der Waals surface area contributed by atoms with E-state index >= 15 is 0 Å². The van der Waals surface area contributed by atoms with E-state index in [1.54, 1.807) is 12.1 Å². The van der Waals surface area contributed by atoms with Gasteiger partial charge < -0.3 is 4.90 Å². The highest BCUT2D eigenvalue weighted by Crippen LogP contribution is 2.38. The fourth-order valence-electron chi connectivity index (χ4n) is 2.97. The van der Waals surface area contributed by atoms with Crippen LogP contribution in [0.1, 0.15) is 29.6 Å². The Morgan fingerprint density at radius 2 is 2.24 bits per heavy atom. The second-order valence-corrected chi connectivity index (χ2v) is 5.77. The molecule has 1 aromatic rings. The van der Waals surface area contributed by atoms with Crippen LogP contribution in [0.5, 0.6) is 0 Å². The number of nitrogens with zero attached hydrogens (tertiary/aromatic N) is 1. The molecule has 0 N–H and O–H groups in total. The summed E-state index contributed by atoms with van der Waals surface area (Å²) in [6.07, 6.45) is 3.52. The standard InChI is InChI=1S/C13H13BrFNO/c14-11-6-9(2-4-12(11)15)13(17)16-7-8-1-3-10(16)5-8/h2,4,6,8,10H,1,3,5,7H2. The average molecular weight is 298 g/mol. The maximum atomic E-state index is 13.1. The maximum Gasteiger partial charge on any atom is 0.254 e. The third-order valence-corrected chi connectivity index (χ3v) is 4.44. The van der Waals surface area contributed by atoms with E-state index in [-0.39, 0.29) is 11.7 Å². The molecule has 1 heterocycles. The van der Waals surface area contributed by atoms with Gasteiger partial charge >= 0.3 is 0 Å². The van der Waals surface area contributed by atoms with Crippen LogP contribution in [0.2, 0.25) is 0 Å². The Hall–Kier alpha value is -0.900. The molecule has 0 spiro atoms. The van der Waals surface area contributed by atoms with Crippen molar-refractivity contribution in [2.24, 2.45) is 5.92 Å². The monoisotopic (exact) mass is 297 g/mol. The van der Waals surface area contributed by atoms with Gasteiger partial charge in [0.05, 0.1) is 4.47 Å². The second-order valence-electron chi connectivity index (χ2n) is 4.92. The van der Waals surface area contributed by atoms with Gasteiger partial charge in [0.2, 0.25) is 0 Å². The number of hydrogen-bond acceptors (Lipinski definition) is 1. The summed E-state index contributed by atoms with van der Waals surface area (Å²) in [4.78, 5) is 14.2. The molecular weight excluding hydrogens is 285 g/mol. The maximum absolute atomic E-state index is 13.1. The first kappa shape index (κ1) is 11.2. The van der Waals surface area contributed by atoms with Gasteiger partial charge in [-0.25, -0.2) is 4.39 Å². The first-order valence-electron chi connectivity index (χ1n) is 5.91. The Kier molecular flexibility index (Phi) is 2.69. The molecular formula is C13H13BrFNO. The molecule has 2 bridgehead atoms. The van der Waals surface area contributed by atoms with E-state index in [2.05, 4.69) is 15.9 Å². The van der Waals surface area contributed by atoms with Crippen LogP contribution < -0.4 is 0 Å². The SMILES string of the molecule is O=C(c1ccc(F)c(Br)c1)N1CC2CCC1C2. The van der Waals surface area contributed by atoms with Gasteiger partial charge in [0, 0.05) is 18.2 Å². The molecule has 1 amide bonds. The van der Waals surface area contributed by atoms with Crippen LogP contribution in [0.15, 0.2) is 22.7 Å². The van der Waals surface area contributed by atoms with Crippen molar-refractivity contribution in [1.82, 2.24) is 4.90 Å². The molecule has 2 fully saturated rings. The van der Waals surface area contributed by atoms with Crippen molar-refractivity contribution in [1.29, 1.82) is 0 Å². The zero-order valence-electron chi connectivity index (χ0n) is 9.33. The van der Waals surface area contributed by atoms with E-state index in [4.69, 9.17) is 0 Å². The molecule has 0 radical (unpaired) electrons. The highest BCUT2D eigenvalue weighted by Gasteiger charge is 2.40. The summed E-state index contributed by atoms with van der Waals surface area (Å²) in [5.74, 6) is 0.398. The minimum Gasteiger partial charge on any atom is -0.335 e. The van der Waals surface area contributed by atoms with E-state index in [0.717, 1.165) is 19.4 Å². The van der Waals surface area contributed by atoms with Crippen LogP contribution in [0, 0.1) is 11.7 Å². The summed E-state index contributed by atoms with van der Waals surface area (Å²) in [5.41, 5.74) is 0.575. The lowest BCUT2D eigenvalue weighted by Gasteiger charge is -2.27. The van der Waals surface area contributed by atoms with Gasteiger partial charge in [-0.15, -0.1) is 0 Å². The molecule has 1 aliphatic heterocycles. The third kappa shape index (κ3) is 1.88. The molecule has 2 aliphatic rings. The number of likely N-dealkylation sites (tertiary alicyclic amines) is 1. The van der Waals surface area contributed by atoms with Gasteiger partial charge in [-0.05, 0) is 59.3 Å². The van der Waals surface area contributed by atoms with Gasteiger partial charge in [0.1, 0.15) is 5.82 Å². The number of carbonyl (C=O) groups excluding carboxylic acids is 1. The molecule has 2 nitrogen and oxygen atoms in total. The first-order chi connectivity index (χ1) is 8.15. The van der Waals surface area contributed by atoms with Crippen LogP contribution in [-0.4, -0.2) is 23.4 Å². The number of benzene rings is 1. The molecule has 90 valence electrons. The molecule has 1 saturated carbocycles. The number of piperidine rings is 1. The largest absolute Gasteiger partial charge is 0.335 e. The van der Waals surface area contributed by atoms with E-state index in [9.17, 15) is 9.18 Å². The van der Waals surface area contributed by atoms with Crippen molar-refractivity contribution in [2.45, 2.75) is 25.3 Å². The highest BCUT2D eigenvalue weighted by molar-refractivity contribution is 9.10. The number of rotatable bonds is 1. The molecule has 1 saturated heterocycles. The van der Waals surface area contributed by atoms with Gasteiger partial charge in [-0.1, -0.05) is 0 Å². The van der Waals surface area contributed by atoms with Crippen molar-refractivity contribution in [2.75, 3.05) is 6.54 Å². The van der Waals surface area contributed by atoms with Gasteiger partial charge in [-0.3, -0.25) is 4.79 Å². The zero-order valence-corrected chi connectivity index (χ0v) is 10.9. The van der Waals surface area contributed by atoms with Crippen LogP contribution >= 0.6 is 15.9 Å². The Balaban J connectivity index is 1.84. The molecule has 2 atom stereocenters. The van der Waals surface area contributed by atoms with Crippen molar-refractivity contribution >= 4 is 21.8 Å². The number of hydrogen-bond donors (Lipinski definition) is 0. The summed E-state index contributed by atoms with van der Waals surface area (Å²) in [5, 5.41) is 0. The molecule has 3 rings (SSSR count). The summed E-state index contributed by atoms with van der Waals surface area (Å²) in [6, 6.07) is 4.89. The number of amides is 1. The number of carbonyl (C=O) groups is 1. The van der Waals surface area contributed by atoms with Crippen LogP contribution in [0.25, 0.3) is 0 Å². The minimum atomic E-state index is -0.329. The summed E-state index contributed by atoms with van der Waals surface area (Å²) < 4.78 is 13.5. The molecule has 17 heavy (non-hydrogen) atoms. The average Bonchev–Trinajstić information content (AvgIpc) is 2.93. The number of halogens is 2. The van der Waals surface area contributed by atoms with E-state index < -0.39 is 0 Å². The topological polar surface area (TPSA) is 20.3 Å².